The summed E-state index contributed by atoms with van der Waals surface area (Å²) in [5.74, 6) is 1.48. The molecule has 4 unspecified atom stereocenters. The molecule has 112 valence electrons. The van der Waals surface area contributed by atoms with Crippen molar-refractivity contribution in [3.8, 4) is 0 Å². The third-order valence-corrected chi connectivity index (χ3v) is 5.06. The Hall–Kier alpha value is -0.120. The Morgan fingerprint density at radius 3 is 2.68 bits per heavy atom. The Labute approximate surface area is 119 Å². The van der Waals surface area contributed by atoms with Crippen molar-refractivity contribution < 1.29 is 4.74 Å². The van der Waals surface area contributed by atoms with E-state index in [1.165, 1.54) is 32.4 Å². The predicted molar refractivity (Wildman–Crippen MR) is 80.4 cm³/mol. The summed E-state index contributed by atoms with van der Waals surface area (Å²) in [4.78, 5) is 2.74. The minimum absolute atomic E-state index is 0.505. The van der Waals surface area contributed by atoms with E-state index in [1.807, 2.05) is 0 Å². The molecule has 0 aromatic rings. The van der Waals surface area contributed by atoms with Gasteiger partial charge < -0.3 is 10.1 Å². The zero-order valence-corrected chi connectivity index (χ0v) is 13.2. The van der Waals surface area contributed by atoms with E-state index >= 15 is 0 Å². The maximum atomic E-state index is 5.86. The molecule has 0 aromatic carbocycles. The highest BCUT2D eigenvalue weighted by molar-refractivity contribution is 4.89. The van der Waals surface area contributed by atoms with E-state index in [0.717, 1.165) is 25.0 Å². The van der Waals surface area contributed by atoms with Gasteiger partial charge in [0.2, 0.25) is 0 Å². The van der Waals surface area contributed by atoms with Crippen LogP contribution in [0.5, 0.6) is 0 Å². The van der Waals surface area contributed by atoms with Crippen molar-refractivity contribution in [1.82, 2.24) is 10.2 Å². The maximum Gasteiger partial charge on any atom is 0.0613 e. The van der Waals surface area contributed by atoms with E-state index in [0.29, 0.717) is 18.2 Å². The van der Waals surface area contributed by atoms with Crippen LogP contribution in [0.1, 0.15) is 47.0 Å². The third kappa shape index (κ3) is 3.71. The first-order chi connectivity index (χ1) is 9.15. The van der Waals surface area contributed by atoms with Crippen LogP contribution in [0.3, 0.4) is 0 Å². The molecule has 2 rings (SSSR count). The van der Waals surface area contributed by atoms with Crippen molar-refractivity contribution in [3.05, 3.63) is 0 Å². The van der Waals surface area contributed by atoms with Gasteiger partial charge in [-0.15, -0.1) is 0 Å². The second kappa shape index (κ2) is 7.05. The van der Waals surface area contributed by atoms with E-state index in [2.05, 4.69) is 37.9 Å². The molecule has 2 aliphatic rings. The number of rotatable bonds is 5. The van der Waals surface area contributed by atoms with Crippen LogP contribution >= 0.6 is 0 Å². The van der Waals surface area contributed by atoms with Gasteiger partial charge in [-0.05, 0) is 31.1 Å². The van der Waals surface area contributed by atoms with Crippen LogP contribution in [0.25, 0.3) is 0 Å². The minimum atomic E-state index is 0.505. The molecule has 2 fully saturated rings. The lowest BCUT2D eigenvalue weighted by molar-refractivity contribution is 0.0504. The molecule has 0 spiro atoms. The highest BCUT2D eigenvalue weighted by Crippen LogP contribution is 2.26. The highest BCUT2D eigenvalue weighted by Gasteiger charge is 2.33. The Balaban J connectivity index is 1.94. The van der Waals surface area contributed by atoms with Gasteiger partial charge in [0.25, 0.3) is 0 Å². The first kappa shape index (κ1) is 15.3. The van der Waals surface area contributed by atoms with Gasteiger partial charge in [0.05, 0.1) is 6.10 Å². The first-order valence-corrected chi connectivity index (χ1v) is 8.24. The summed E-state index contributed by atoms with van der Waals surface area (Å²) in [5, 5.41) is 3.73. The summed E-state index contributed by atoms with van der Waals surface area (Å²) < 4.78 is 5.86. The quantitative estimate of drug-likeness (QED) is 0.829. The Morgan fingerprint density at radius 2 is 2.05 bits per heavy atom. The lowest BCUT2D eigenvalue weighted by atomic mass is 9.94. The topological polar surface area (TPSA) is 24.5 Å². The third-order valence-electron chi connectivity index (χ3n) is 5.06. The molecule has 0 aliphatic carbocycles. The van der Waals surface area contributed by atoms with Crippen molar-refractivity contribution in [2.45, 2.75) is 65.1 Å². The SMILES string of the molecule is CCC1OCCC1CN1CC(C(C)C)NCC1CC. The van der Waals surface area contributed by atoms with E-state index in [-0.39, 0.29) is 0 Å². The standard InChI is InChI=1S/C16H32N2O/c1-5-14-9-17-15(12(3)4)11-18(14)10-13-7-8-19-16(13)6-2/h12-17H,5-11H2,1-4H3. The molecular weight excluding hydrogens is 236 g/mol. The molecule has 1 N–H and O–H groups in total. The summed E-state index contributed by atoms with van der Waals surface area (Å²) in [6, 6.07) is 1.37. The average Bonchev–Trinajstić information content (AvgIpc) is 2.85. The Bertz CT molecular complexity index is 269. The van der Waals surface area contributed by atoms with E-state index < -0.39 is 0 Å². The van der Waals surface area contributed by atoms with Crippen molar-refractivity contribution in [2.75, 3.05) is 26.2 Å². The predicted octanol–water partition coefficient (Wildman–Crippen LogP) is 2.51. The van der Waals surface area contributed by atoms with Gasteiger partial charge in [-0.3, -0.25) is 4.90 Å². The maximum absolute atomic E-state index is 5.86. The molecule has 0 aromatic heterocycles. The van der Waals surface area contributed by atoms with Crippen molar-refractivity contribution in [2.24, 2.45) is 11.8 Å². The van der Waals surface area contributed by atoms with Gasteiger partial charge in [-0.2, -0.15) is 0 Å². The fourth-order valence-corrected chi connectivity index (χ4v) is 3.61. The van der Waals surface area contributed by atoms with Crippen LogP contribution in [0.2, 0.25) is 0 Å². The van der Waals surface area contributed by atoms with Crippen LogP contribution in [0.4, 0.5) is 0 Å². The normalized spacial score (nSPS) is 37.1. The monoisotopic (exact) mass is 268 g/mol. The van der Waals surface area contributed by atoms with Gasteiger partial charge in [0.15, 0.2) is 0 Å². The summed E-state index contributed by atoms with van der Waals surface area (Å²) >= 11 is 0. The van der Waals surface area contributed by atoms with Crippen molar-refractivity contribution in [1.29, 1.82) is 0 Å². The molecular formula is C16H32N2O. The lowest BCUT2D eigenvalue weighted by Crippen LogP contribution is -2.59. The number of nitrogens with zero attached hydrogens (tertiary/aromatic N) is 1. The van der Waals surface area contributed by atoms with Crippen molar-refractivity contribution in [3.63, 3.8) is 0 Å². The fraction of sp³-hybridized carbons (Fsp3) is 1.00. The summed E-state index contributed by atoms with van der Waals surface area (Å²) in [5.41, 5.74) is 0. The fourth-order valence-electron chi connectivity index (χ4n) is 3.61. The molecule has 2 saturated heterocycles. The number of nitrogens with one attached hydrogen (secondary N) is 1. The summed E-state index contributed by atoms with van der Waals surface area (Å²) in [6.45, 7) is 13.8. The molecule has 0 amide bonds. The van der Waals surface area contributed by atoms with Crippen LogP contribution in [0.15, 0.2) is 0 Å². The number of hydrogen-bond acceptors (Lipinski definition) is 3. The van der Waals surface area contributed by atoms with Crippen molar-refractivity contribution >= 4 is 0 Å². The zero-order chi connectivity index (χ0) is 13.8. The molecule has 2 aliphatic heterocycles. The molecule has 3 heteroatoms. The molecule has 2 heterocycles. The average molecular weight is 268 g/mol. The summed E-state index contributed by atoms with van der Waals surface area (Å²) in [6.07, 6.45) is 4.18. The number of ether oxygens (including phenoxy) is 1. The van der Waals surface area contributed by atoms with Gasteiger partial charge in [-0.1, -0.05) is 27.7 Å². The second-order valence-electron chi connectivity index (χ2n) is 6.64. The largest absolute Gasteiger partial charge is 0.378 e. The lowest BCUT2D eigenvalue weighted by Gasteiger charge is -2.43. The molecule has 0 bridgehead atoms. The molecule has 0 saturated carbocycles. The number of hydrogen-bond donors (Lipinski definition) is 1. The molecule has 3 nitrogen and oxygen atoms in total. The summed E-state index contributed by atoms with van der Waals surface area (Å²) in [7, 11) is 0. The van der Waals surface area contributed by atoms with E-state index in [1.54, 1.807) is 0 Å². The van der Waals surface area contributed by atoms with E-state index in [4.69, 9.17) is 4.74 Å². The number of piperazine rings is 1. The van der Waals surface area contributed by atoms with Gasteiger partial charge in [0, 0.05) is 38.3 Å². The van der Waals surface area contributed by atoms with Gasteiger partial charge in [0.1, 0.15) is 0 Å². The van der Waals surface area contributed by atoms with Crippen LogP contribution < -0.4 is 5.32 Å². The molecule has 0 radical (unpaired) electrons. The van der Waals surface area contributed by atoms with Crippen LogP contribution in [0, 0.1) is 11.8 Å². The minimum Gasteiger partial charge on any atom is -0.378 e. The Kier molecular flexibility index (Phi) is 5.67. The smallest absolute Gasteiger partial charge is 0.0613 e. The Morgan fingerprint density at radius 1 is 1.26 bits per heavy atom. The van der Waals surface area contributed by atoms with Gasteiger partial charge in [-0.25, -0.2) is 0 Å². The second-order valence-corrected chi connectivity index (χ2v) is 6.64. The van der Waals surface area contributed by atoms with E-state index in [9.17, 15) is 0 Å². The zero-order valence-electron chi connectivity index (χ0n) is 13.2. The highest BCUT2D eigenvalue weighted by atomic mass is 16.5. The molecule has 19 heavy (non-hydrogen) atoms. The van der Waals surface area contributed by atoms with Crippen LogP contribution in [-0.4, -0.2) is 49.3 Å². The first-order valence-electron chi connectivity index (χ1n) is 8.24. The molecule has 4 atom stereocenters. The van der Waals surface area contributed by atoms with Crippen LogP contribution in [-0.2, 0) is 4.74 Å². The van der Waals surface area contributed by atoms with Gasteiger partial charge >= 0.3 is 0 Å².